The number of anilines is 1. The summed E-state index contributed by atoms with van der Waals surface area (Å²) in [6, 6.07) is 8.02. The van der Waals surface area contributed by atoms with E-state index in [9.17, 15) is 22.8 Å². The maximum atomic E-state index is 13.4. The largest absolute Gasteiger partial charge is 0.418 e. The highest BCUT2D eigenvalue weighted by Gasteiger charge is 2.35. The van der Waals surface area contributed by atoms with Gasteiger partial charge >= 0.3 is 6.18 Å². The number of nitrogens with one attached hydrogen (secondary N) is 2. The standard InChI is InChI=1S/C26H32F3N5O2/c1-30-12-14-33(17-23-21(26(27,28)29)8-4-11-31-23)24(35)15-32-22-9-3-7-19-16-34(13-10-20(19)22)25(36)18-5-2-6-18/h3-4,7-9,11,18,30,32H,2,5-6,10,12-17H2,1H3. The predicted molar refractivity (Wildman–Crippen MR) is 130 cm³/mol. The number of nitrogens with zero attached hydrogens (tertiary/aromatic N) is 3. The van der Waals surface area contributed by atoms with E-state index in [2.05, 4.69) is 15.6 Å². The van der Waals surface area contributed by atoms with Gasteiger partial charge in [-0.3, -0.25) is 14.6 Å². The first-order valence-corrected chi connectivity index (χ1v) is 12.3. The fourth-order valence-electron chi connectivity index (χ4n) is 4.70. The molecule has 1 saturated carbocycles. The predicted octanol–water partition coefficient (Wildman–Crippen LogP) is 3.45. The number of fused-ring (bicyclic) bond motifs is 1. The average Bonchev–Trinajstić information content (AvgIpc) is 2.83. The van der Waals surface area contributed by atoms with E-state index in [1.165, 1.54) is 17.2 Å². The van der Waals surface area contributed by atoms with Gasteiger partial charge in [0.2, 0.25) is 11.8 Å². The molecule has 2 aromatic rings. The van der Waals surface area contributed by atoms with E-state index in [-0.39, 0.29) is 43.1 Å². The van der Waals surface area contributed by atoms with E-state index in [0.717, 1.165) is 42.1 Å². The molecule has 0 unspecified atom stereocenters. The van der Waals surface area contributed by atoms with Crippen LogP contribution in [-0.4, -0.2) is 59.8 Å². The van der Waals surface area contributed by atoms with Gasteiger partial charge in [0.1, 0.15) is 0 Å². The Morgan fingerprint density at radius 1 is 1.19 bits per heavy atom. The Kier molecular flexibility index (Phi) is 8.13. The van der Waals surface area contributed by atoms with E-state index >= 15 is 0 Å². The van der Waals surface area contributed by atoms with Crippen molar-refractivity contribution in [1.82, 2.24) is 20.1 Å². The second-order valence-corrected chi connectivity index (χ2v) is 9.35. The summed E-state index contributed by atoms with van der Waals surface area (Å²) >= 11 is 0. The summed E-state index contributed by atoms with van der Waals surface area (Å²) < 4.78 is 40.3. The summed E-state index contributed by atoms with van der Waals surface area (Å²) in [6.45, 7) is 1.59. The van der Waals surface area contributed by atoms with Crippen LogP contribution < -0.4 is 10.6 Å². The molecule has 1 aliphatic carbocycles. The van der Waals surface area contributed by atoms with E-state index in [1.54, 1.807) is 7.05 Å². The van der Waals surface area contributed by atoms with Crippen molar-refractivity contribution < 1.29 is 22.8 Å². The van der Waals surface area contributed by atoms with Crippen LogP contribution >= 0.6 is 0 Å². The van der Waals surface area contributed by atoms with Crippen molar-refractivity contribution in [1.29, 1.82) is 0 Å². The highest BCUT2D eigenvalue weighted by molar-refractivity contribution is 5.82. The molecule has 0 bridgehead atoms. The fourth-order valence-corrected chi connectivity index (χ4v) is 4.70. The van der Waals surface area contributed by atoms with E-state index in [0.29, 0.717) is 26.1 Å². The molecule has 1 fully saturated rings. The second-order valence-electron chi connectivity index (χ2n) is 9.35. The van der Waals surface area contributed by atoms with Crippen molar-refractivity contribution in [2.24, 2.45) is 5.92 Å². The highest BCUT2D eigenvalue weighted by atomic mass is 19.4. The normalized spacial score (nSPS) is 15.7. The molecule has 0 atom stereocenters. The van der Waals surface area contributed by atoms with E-state index < -0.39 is 11.7 Å². The molecular weight excluding hydrogens is 471 g/mol. The molecular formula is C26H32F3N5O2. The van der Waals surface area contributed by atoms with Crippen molar-refractivity contribution in [2.45, 2.75) is 44.9 Å². The maximum absolute atomic E-state index is 13.4. The molecule has 2 aliphatic rings. The van der Waals surface area contributed by atoms with Crippen LogP contribution in [-0.2, 0) is 35.3 Å². The van der Waals surface area contributed by atoms with Crippen molar-refractivity contribution in [3.8, 4) is 0 Å². The number of hydrogen-bond donors (Lipinski definition) is 2. The Balaban J connectivity index is 1.43. The molecule has 36 heavy (non-hydrogen) atoms. The van der Waals surface area contributed by atoms with Gasteiger partial charge in [-0.15, -0.1) is 0 Å². The van der Waals surface area contributed by atoms with Crippen LogP contribution in [0.1, 0.15) is 41.6 Å². The zero-order valence-electron chi connectivity index (χ0n) is 20.4. The number of halogens is 3. The lowest BCUT2D eigenvalue weighted by molar-refractivity contribution is -0.140. The lowest BCUT2D eigenvalue weighted by atomic mass is 9.83. The molecule has 10 heteroatoms. The summed E-state index contributed by atoms with van der Waals surface area (Å²) in [4.78, 5) is 33.0. The Bertz CT molecular complexity index is 1090. The number of benzene rings is 1. The molecule has 4 rings (SSSR count). The number of pyridine rings is 1. The zero-order chi connectivity index (χ0) is 25.7. The minimum atomic E-state index is -4.55. The lowest BCUT2D eigenvalue weighted by Gasteiger charge is -2.35. The first kappa shape index (κ1) is 25.9. The Morgan fingerprint density at radius 3 is 2.69 bits per heavy atom. The average molecular weight is 504 g/mol. The van der Waals surface area contributed by atoms with Crippen LogP contribution in [0.2, 0.25) is 0 Å². The van der Waals surface area contributed by atoms with Crippen molar-refractivity contribution >= 4 is 17.5 Å². The van der Waals surface area contributed by atoms with Crippen LogP contribution in [0.5, 0.6) is 0 Å². The third kappa shape index (κ3) is 5.98. The van der Waals surface area contributed by atoms with E-state index in [4.69, 9.17) is 0 Å². The monoisotopic (exact) mass is 503 g/mol. The summed E-state index contributed by atoms with van der Waals surface area (Å²) in [5.41, 5.74) is 1.94. The van der Waals surface area contributed by atoms with Gasteiger partial charge in [0.05, 0.1) is 24.3 Å². The summed E-state index contributed by atoms with van der Waals surface area (Å²) in [7, 11) is 1.72. The molecule has 2 amide bonds. The minimum absolute atomic E-state index is 0.0565. The molecule has 2 N–H and O–H groups in total. The van der Waals surface area contributed by atoms with E-state index in [1.807, 2.05) is 23.1 Å². The van der Waals surface area contributed by atoms with Gasteiger partial charge in [-0.25, -0.2) is 0 Å². The van der Waals surface area contributed by atoms with Crippen LogP contribution in [0.3, 0.4) is 0 Å². The minimum Gasteiger partial charge on any atom is -0.376 e. The maximum Gasteiger partial charge on any atom is 0.418 e. The first-order valence-electron chi connectivity index (χ1n) is 12.3. The third-order valence-corrected chi connectivity index (χ3v) is 6.98. The van der Waals surface area contributed by atoms with Crippen molar-refractivity contribution in [3.63, 3.8) is 0 Å². The molecule has 194 valence electrons. The van der Waals surface area contributed by atoms with Crippen molar-refractivity contribution in [2.75, 3.05) is 38.5 Å². The van der Waals surface area contributed by atoms with Gasteiger partial charge in [-0.05, 0) is 55.6 Å². The number of carbonyl (C=O) groups excluding carboxylic acids is 2. The number of likely N-dealkylation sites (N-methyl/N-ethyl adjacent to an activating group) is 1. The molecule has 2 heterocycles. The number of rotatable bonds is 9. The topological polar surface area (TPSA) is 77.6 Å². The Hall–Kier alpha value is -3.14. The summed E-state index contributed by atoms with van der Waals surface area (Å²) in [5.74, 6) is 0.0682. The van der Waals surface area contributed by atoms with Crippen LogP contribution in [0.4, 0.5) is 18.9 Å². The highest BCUT2D eigenvalue weighted by Crippen LogP contribution is 2.33. The molecule has 1 aromatic carbocycles. The molecule has 7 nitrogen and oxygen atoms in total. The SMILES string of the molecule is CNCCN(Cc1ncccc1C(F)(F)F)C(=O)CNc1cccc2c1CCN(C(=O)C1CCC1)C2. The van der Waals surface area contributed by atoms with Gasteiger partial charge < -0.3 is 20.4 Å². The quantitative estimate of drug-likeness (QED) is 0.548. The Labute approximate surface area is 209 Å². The van der Waals surface area contributed by atoms with Crippen LogP contribution in [0.25, 0.3) is 0 Å². The lowest BCUT2D eigenvalue weighted by Crippen LogP contribution is -2.42. The van der Waals surface area contributed by atoms with Gasteiger partial charge in [-0.2, -0.15) is 13.2 Å². The second kappa shape index (κ2) is 11.3. The molecule has 1 aromatic heterocycles. The van der Waals surface area contributed by atoms with Gasteiger partial charge in [0.15, 0.2) is 0 Å². The third-order valence-electron chi connectivity index (χ3n) is 6.98. The van der Waals surface area contributed by atoms with Crippen LogP contribution in [0, 0.1) is 5.92 Å². The van der Waals surface area contributed by atoms with Crippen molar-refractivity contribution in [3.05, 3.63) is 58.9 Å². The molecule has 0 saturated heterocycles. The number of aromatic nitrogens is 1. The van der Waals surface area contributed by atoms with Gasteiger partial charge in [0.25, 0.3) is 0 Å². The zero-order valence-corrected chi connectivity index (χ0v) is 20.4. The number of hydrogen-bond acceptors (Lipinski definition) is 5. The summed E-state index contributed by atoms with van der Waals surface area (Å²) in [5, 5.41) is 6.13. The summed E-state index contributed by atoms with van der Waals surface area (Å²) in [6.07, 6.45) is 0.511. The molecule has 1 aliphatic heterocycles. The molecule has 0 radical (unpaired) electrons. The fraction of sp³-hybridized carbons (Fsp3) is 0.500. The van der Waals surface area contributed by atoms with Gasteiger partial charge in [-0.1, -0.05) is 18.6 Å². The number of amides is 2. The smallest absolute Gasteiger partial charge is 0.376 e. The molecule has 0 spiro atoms. The number of carbonyl (C=O) groups is 2. The Morgan fingerprint density at radius 2 is 2.00 bits per heavy atom. The first-order chi connectivity index (χ1) is 17.3. The van der Waals surface area contributed by atoms with Crippen LogP contribution in [0.15, 0.2) is 36.5 Å². The number of alkyl halides is 3. The van der Waals surface area contributed by atoms with Gasteiger partial charge in [0, 0.05) is 44.0 Å².